The van der Waals surface area contributed by atoms with Crippen molar-refractivity contribution < 1.29 is 19.4 Å². The molecular formula is C12H7NO4S. The van der Waals surface area contributed by atoms with Gasteiger partial charge in [0, 0.05) is 5.56 Å². The zero-order chi connectivity index (χ0) is 12.9. The molecule has 2 aromatic rings. The van der Waals surface area contributed by atoms with Crippen molar-refractivity contribution in [2.24, 2.45) is 0 Å². The van der Waals surface area contributed by atoms with Gasteiger partial charge in [0.05, 0.1) is 12.7 Å². The highest BCUT2D eigenvalue weighted by atomic mass is 32.1. The quantitative estimate of drug-likeness (QED) is 0.720. The Morgan fingerprint density at radius 2 is 2.00 bits per heavy atom. The number of fused-ring (bicyclic) bond motifs is 2. The number of hydrogen-bond donors (Lipinski definition) is 1. The normalized spacial score (nSPS) is 13.2. The Balaban J connectivity index is 2.34. The van der Waals surface area contributed by atoms with E-state index < -0.39 is 5.78 Å². The second kappa shape index (κ2) is 3.64. The van der Waals surface area contributed by atoms with Gasteiger partial charge in [-0.2, -0.15) is 4.37 Å². The van der Waals surface area contributed by atoms with Crippen LogP contribution in [0, 0.1) is 0 Å². The Bertz CT molecular complexity index is 689. The first-order valence-corrected chi connectivity index (χ1v) is 5.87. The van der Waals surface area contributed by atoms with Gasteiger partial charge in [-0.25, -0.2) is 0 Å². The third-order valence-electron chi connectivity index (χ3n) is 2.80. The van der Waals surface area contributed by atoms with Gasteiger partial charge in [0.15, 0.2) is 0 Å². The molecule has 0 saturated heterocycles. The molecule has 0 spiro atoms. The zero-order valence-electron chi connectivity index (χ0n) is 9.26. The fourth-order valence-electron chi connectivity index (χ4n) is 1.99. The molecule has 0 radical (unpaired) electrons. The molecule has 0 aliphatic heterocycles. The van der Waals surface area contributed by atoms with E-state index in [4.69, 9.17) is 4.74 Å². The summed E-state index contributed by atoms with van der Waals surface area (Å²) in [5.74, 6) is -0.813. The van der Waals surface area contributed by atoms with Crippen LogP contribution in [0.4, 0.5) is 0 Å². The highest BCUT2D eigenvalue weighted by Crippen LogP contribution is 2.38. The van der Waals surface area contributed by atoms with Gasteiger partial charge in [-0.3, -0.25) is 9.59 Å². The van der Waals surface area contributed by atoms with Crippen LogP contribution in [0.25, 0.3) is 0 Å². The van der Waals surface area contributed by atoms with Crippen LogP contribution in [0.15, 0.2) is 18.2 Å². The average Bonchev–Trinajstić information content (AvgIpc) is 2.80. The molecule has 90 valence electrons. The molecule has 0 atom stereocenters. The Kier molecular flexibility index (Phi) is 2.21. The summed E-state index contributed by atoms with van der Waals surface area (Å²) in [4.78, 5) is 24.7. The van der Waals surface area contributed by atoms with Gasteiger partial charge in [-0.15, -0.1) is 0 Å². The number of carbonyl (C=O) groups excluding carboxylic acids is 2. The summed E-state index contributed by atoms with van der Waals surface area (Å²) in [6.07, 6.45) is 0. The van der Waals surface area contributed by atoms with Crippen molar-refractivity contribution in [1.82, 2.24) is 4.37 Å². The van der Waals surface area contributed by atoms with Crippen LogP contribution in [0.3, 0.4) is 0 Å². The van der Waals surface area contributed by atoms with E-state index in [9.17, 15) is 14.7 Å². The minimum atomic E-state index is -0.427. The number of aromatic nitrogens is 1. The number of rotatable bonds is 1. The van der Waals surface area contributed by atoms with Crippen molar-refractivity contribution in [3.63, 3.8) is 0 Å². The van der Waals surface area contributed by atoms with Crippen LogP contribution >= 0.6 is 11.5 Å². The molecule has 0 saturated carbocycles. The Morgan fingerprint density at radius 1 is 1.22 bits per heavy atom. The highest BCUT2D eigenvalue weighted by Gasteiger charge is 2.36. The highest BCUT2D eigenvalue weighted by molar-refractivity contribution is 7.09. The molecule has 1 aromatic heterocycles. The minimum absolute atomic E-state index is 0.0218. The van der Waals surface area contributed by atoms with Gasteiger partial charge in [-0.05, 0) is 23.7 Å². The average molecular weight is 261 g/mol. The molecule has 6 heteroatoms. The summed E-state index contributed by atoms with van der Waals surface area (Å²) in [6.45, 7) is 0. The molecule has 1 heterocycles. The van der Waals surface area contributed by atoms with Crippen molar-refractivity contribution in [2.45, 2.75) is 0 Å². The molecular weight excluding hydrogens is 254 g/mol. The summed E-state index contributed by atoms with van der Waals surface area (Å²) in [5, 5.41) is 9.74. The van der Waals surface area contributed by atoms with Crippen LogP contribution < -0.4 is 4.74 Å². The van der Waals surface area contributed by atoms with Gasteiger partial charge >= 0.3 is 0 Å². The lowest BCUT2D eigenvalue weighted by Crippen LogP contribution is -2.19. The zero-order valence-corrected chi connectivity index (χ0v) is 10.1. The van der Waals surface area contributed by atoms with E-state index in [2.05, 4.69) is 4.37 Å². The molecule has 18 heavy (non-hydrogen) atoms. The maximum absolute atomic E-state index is 12.3. The Hall–Kier alpha value is -2.21. The molecule has 1 N–H and O–H groups in total. The predicted octanol–water partition coefficient (Wildman–Crippen LogP) is 1.63. The lowest BCUT2D eigenvalue weighted by molar-refractivity contribution is 0.0977. The number of nitrogens with zero attached hydrogens (tertiary/aromatic N) is 1. The number of carbonyl (C=O) groups is 2. The number of aromatic hydroxyl groups is 1. The summed E-state index contributed by atoms with van der Waals surface area (Å²) < 4.78 is 8.90. The first-order chi connectivity index (χ1) is 8.65. The third-order valence-corrected chi connectivity index (χ3v) is 3.63. The molecule has 1 aromatic carbocycles. The summed E-state index contributed by atoms with van der Waals surface area (Å²) in [5.41, 5.74) is 0.369. The predicted molar refractivity (Wildman–Crippen MR) is 63.6 cm³/mol. The van der Waals surface area contributed by atoms with E-state index in [-0.39, 0.29) is 39.0 Å². The molecule has 0 unspecified atom stereocenters. The van der Waals surface area contributed by atoms with Crippen LogP contribution in [-0.4, -0.2) is 28.2 Å². The number of methoxy groups -OCH3 is 1. The van der Waals surface area contributed by atoms with Gasteiger partial charge in [0.2, 0.25) is 17.4 Å². The second-order valence-corrected chi connectivity index (χ2v) is 4.53. The first-order valence-electron chi connectivity index (χ1n) is 5.10. The van der Waals surface area contributed by atoms with Crippen LogP contribution in [0.5, 0.6) is 11.6 Å². The fraction of sp³-hybridized carbons (Fsp3) is 0.0833. The second-order valence-electron chi connectivity index (χ2n) is 3.75. The van der Waals surface area contributed by atoms with E-state index in [0.717, 1.165) is 11.5 Å². The van der Waals surface area contributed by atoms with Crippen molar-refractivity contribution in [1.29, 1.82) is 0 Å². The number of phenolic OH excluding ortho intramolecular Hbond substituents is 1. The van der Waals surface area contributed by atoms with Crippen molar-refractivity contribution >= 4 is 23.1 Å². The van der Waals surface area contributed by atoms with Crippen LogP contribution in [-0.2, 0) is 0 Å². The van der Waals surface area contributed by atoms with E-state index in [0.29, 0.717) is 0 Å². The molecule has 3 rings (SSSR count). The topological polar surface area (TPSA) is 76.5 Å². The monoisotopic (exact) mass is 261 g/mol. The molecule has 0 amide bonds. The van der Waals surface area contributed by atoms with Gasteiger partial charge < -0.3 is 9.84 Å². The lowest BCUT2D eigenvalue weighted by Gasteiger charge is -2.14. The van der Waals surface area contributed by atoms with Crippen molar-refractivity contribution in [3.05, 3.63) is 39.8 Å². The number of hydrogen-bond acceptors (Lipinski definition) is 6. The molecule has 5 nitrogen and oxygen atoms in total. The van der Waals surface area contributed by atoms with Crippen molar-refractivity contribution in [2.75, 3.05) is 7.11 Å². The number of ether oxygens (including phenoxy) is 1. The number of benzene rings is 1. The van der Waals surface area contributed by atoms with E-state index >= 15 is 0 Å². The number of ketones is 2. The van der Waals surface area contributed by atoms with Crippen molar-refractivity contribution in [3.8, 4) is 11.6 Å². The van der Waals surface area contributed by atoms with Gasteiger partial charge in [0.1, 0.15) is 16.2 Å². The van der Waals surface area contributed by atoms with Gasteiger partial charge in [-0.1, -0.05) is 6.07 Å². The summed E-state index contributed by atoms with van der Waals surface area (Å²) in [6, 6.07) is 4.42. The largest absolute Gasteiger partial charge is 0.507 e. The van der Waals surface area contributed by atoms with Crippen LogP contribution in [0.2, 0.25) is 0 Å². The Labute approximate surface area is 106 Å². The molecule has 0 fully saturated rings. The SMILES string of the molecule is COc1nsc2c1C(=O)c1c(O)cccc1C2=O. The Morgan fingerprint density at radius 3 is 2.72 bits per heavy atom. The number of phenols is 1. The molecule has 1 aliphatic rings. The van der Waals surface area contributed by atoms with Crippen LogP contribution in [0.1, 0.15) is 31.2 Å². The fourth-order valence-corrected chi connectivity index (χ4v) is 2.79. The standard InChI is InChI=1S/C12H7NO4S/c1-17-12-8-10(16)7-5(3-2-4-6(7)14)9(15)11(8)18-13-12/h2-4,14H,1H3. The maximum Gasteiger partial charge on any atom is 0.237 e. The minimum Gasteiger partial charge on any atom is -0.507 e. The van der Waals surface area contributed by atoms with Gasteiger partial charge in [0.25, 0.3) is 0 Å². The van der Waals surface area contributed by atoms with E-state index in [1.807, 2.05) is 0 Å². The molecule has 0 bridgehead atoms. The third kappa shape index (κ3) is 1.23. The van der Waals surface area contributed by atoms with E-state index in [1.54, 1.807) is 0 Å². The lowest BCUT2D eigenvalue weighted by atomic mass is 9.88. The summed E-state index contributed by atoms with van der Waals surface area (Å²) >= 11 is 0.931. The maximum atomic E-state index is 12.3. The summed E-state index contributed by atoms with van der Waals surface area (Å²) in [7, 11) is 1.38. The first kappa shape index (κ1) is 10.9. The van der Waals surface area contributed by atoms with E-state index in [1.165, 1.54) is 25.3 Å². The smallest absolute Gasteiger partial charge is 0.237 e. The molecule has 1 aliphatic carbocycles.